The Morgan fingerprint density at radius 1 is 1.15 bits per heavy atom. The van der Waals surface area contributed by atoms with E-state index in [0.717, 1.165) is 25.5 Å². The highest BCUT2D eigenvalue weighted by molar-refractivity contribution is 5.24. The fourth-order valence-corrected chi connectivity index (χ4v) is 2.41. The molecular formula is C15H19F2NO2. The van der Waals surface area contributed by atoms with Gasteiger partial charge in [-0.05, 0) is 37.8 Å². The number of halogens is 2. The van der Waals surface area contributed by atoms with Crippen LogP contribution in [0.2, 0.25) is 0 Å². The number of nitrogens with one attached hydrogen (secondary N) is 1. The molecular weight excluding hydrogens is 264 g/mol. The summed E-state index contributed by atoms with van der Waals surface area (Å²) in [6.07, 6.45) is 4.67. The van der Waals surface area contributed by atoms with Gasteiger partial charge in [-0.1, -0.05) is 0 Å². The van der Waals surface area contributed by atoms with Crippen molar-refractivity contribution in [3.8, 4) is 5.75 Å². The second-order valence-electron chi connectivity index (χ2n) is 5.53. The SMILES string of the molecule is Fc1ccc(OCC2CCC(CNC3CC3)O2)c(F)c1. The third-order valence-corrected chi connectivity index (χ3v) is 3.73. The molecule has 2 fully saturated rings. The Kier molecular flexibility index (Phi) is 4.17. The number of ether oxygens (including phenoxy) is 2. The van der Waals surface area contributed by atoms with Crippen LogP contribution in [0.25, 0.3) is 0 Å². The highest BCUT2D eigenvalue weighted by Crippen LogP contribution is 2.24. The Morgan fingerprint density at radius 3 is 2.70 bits per heavy atom. The van der Waals surface area contributed by atoms with Crippen LogP contribution in [-0.2, 0) is 4.74 Å². The van der Waals surface area contributed by atoms with Crippen molar-refractivity contribution in [1.29, 1.82) is 0 Å². The van der Waals surface area contributed by atoms with Gasteiger partial charge in [-0.25, -0.2) is 8.78 Å². The van der Waals surface area contributed by atoms with Gasteiger partial charge in [0.15, 0.2) is 11.6 Å². The van der Waals surface area contributed by atoms with E-state index < -0.39 is 11.6 Å². The molecule has 0 spiro atoms. The monoisotopic (exact) mass is 283 g/mol. The van der Waals surface area contributed by atoms with Crippen LogP contribution in [-0.4, -0.2) is 31.4 Å². The second kappa shape index (κ2) is 6.06. The minimum absolute atomic E-state index is 0.00884. The Balaban J connectivity index is 1.42. The van der Waals surface area contributed by atoms with Crippen molar-refractivity contribution >= 4 is 0 Å². The summed E-state index contributed by atoms with van der Waals surface area (Å²) >= 11 is 0. The van der Waals surface area contributed by atoms with Crippen LogP contribution >= 0.6 is 0 Å². The Labute approximate surface area is 117 Å². The first-order valence-corrected chi connectivity index (χ1v) is 7.17. The first-order chi connectivity index (χ1) is 9.70. The lowest BCUT2D eigenvalue weighted by molar-refractivity contribution is 0.0176. The first-order valence-electron chi connectivity index (χ1n) is 7.17. The van der Waals surface area contributed by atoms with Crippen molar-refractivity contribution in [3.63, 3.8) is 0 Å². The topological polar surface area (TPSA) is 30.5 Å². The van der Waals surface area contributed by atoms with E-state index in [1.165, 1.54) is 25.0 Å². The lowest BCUT2D eigenvalue weighted by Crippen LogP contribution is -2.29. The maximum Gasteiger partial charge on any atom is 0.167 e. The predicted octanol–water partition coefficient (Wildman–Crippen LogP) is 2.64. The Bertz CT molecular complexity index is 465. The van der Waals surface area contributed by atoms with Gasteiger partial charge in [-0.15, -0.1) is 0 Å². The third kappa shape index (κ3) is 3.67. The summed E-state index contributed by atoms with van der Waals surface area (Å²) in [5, 5.41) is 3.44. The van der Waals surface area contributed by atoms with E-state index in [9.17, 15) is 8.78 Å². The zero-order chi connectivity index (χ0) is 13.9. The van der Waals surface area contributed by atoms with Gasteiger partial charge < -0.3 is 14.8 Å². The number of hydrogen-bond donors (Lipinski definition) is 1. The van der Waals surface area contributed by atoms with Crippen LogP contribution in [0.3, 0.4) is 0 Å². The van der Waals surface area contributed by atoms with Gasteiger partial charge in [-0.3, -0.25) is 0 Å². The van der Waals surface area contributed by atoms with Crippen molar-refractivity contribution in [2.24, 2.45) is 0 Å². The molecule has 1 saturated carbocycles. The zero-order valence-corrected chi connectivity index (χ0v) is 11.3. The molecule has 2 atom stereocenters. The highest BCUT2D eigenvalue weighted by Gasteiger charge is 2.28. The van der Waals surface area contributed by atoms with E-state index in [1.54, 1.807) is 0 Å². The van der Waals surface area contributed by atoms with Crippen molar-refractivity contribution in [1.82, 2.24) is 5.32 Å². The summed E-state index contributed by atoms with van der Waals surface area (Å²) in [4.78, 5) is 0. The summed E-state index contributed by atoms with van der Waals surface area (Å²) in [7, 11) is 0. The number of benzene rings is 1. The Hall–Kier alpha value is -1.20. The van der Waals surface area contributed by atoms with Crippen LogP contribution in [0, 0.1) is 11.6 Å². The molecule has 1 aliphatic heterocycles. The molecule has 1 saturated heterocycles. The third-order valence-electron chi connectivity index (χ3n) is 3.73. The van der Waals surface area contributed by atoms with Crippen molar-refractivity contribution < 1.29 is 18.3 Å². The molecule has 2 unspecified atom stereocenters. The maximum atomic E-state index is 13.4. The van der Waals surface area contributed by atoms with Gasteiger partial charge >= 0.3 is 0 Å². The van der Waals surface area contributed by atoms with E-state index in [2.05, 4.69) is 5.32 Å². The van der Waals surface area contributed by atoms with E-state index in [4.69, 9.17) is 9.47 Å². The van der Waals surface area contributed by atoms with Crippen molar-refractivity contribution in [2.75, 3.05) is 13.2 Å². The van der Waals surface area contributed by atoms with Crippen molar-refractivity contribution in [3.05, 3.63) is 29.8 Å². The molecule has 5 heteroatoms. The van der Waals surface area contributed by atoms with E-state index >= 15 is 0 Å². The quantitative estimate of drug-likeness (QED) is 0.870. The second-order valence-corrected chi connectivity index (χ2v) is 5.53. The highest BCUT2D eigenvalue weighted by atomic mass is 19.1. The van der Waals surface area contributed by atoms with Gasteiger partial charge in [0.05, 0.1) is 12.2 Å². The summed E-state index contributed by atoms with van der Waals surface area (Å²) in [6, 6.07) is 4.01. The van der Waals surface area contributed by atoms with E-state index in [0.29, 0.717) is 12.6 Å². The molecule has 20 heavy (non-hydrogen) atoms. The molecule has 1 heterocycles. The average molecular weight is 283 g/mol. The van der Waals surface area contributed by atoms with Crippen molar-refractivity contribution in [2.45, 2.75) is 43.9 Å². The normalized spacial score (nSPS) is 25.9. The molecule has 1 aromatic rings. The lowest BCUT2D eigenvalue weighted by Gasteiger charge is -2.15. The van der Waals surface area contributed by atoms with Gasteiger partial charge in [0.2, 0.25) is 0 Å². The summed E-state index contributed by atoms with van der Waals surface area (Å²) in [6.45, 7) is 1.19. The molecule has 2 aliphatic rings. The van der Waals surface area contributed by atoms with Gasteiger partial charge in [-0.2, -0.15) is 0 Å². The van der Waals surface area contributed by atoms with E-state index in [1.807, 2.05) is 0 Å². The fraction of sp³-hybridized carbons (Fsp3) is 0.600. The summed E-state index contributed by atoms with van der Waals surface area (Å²) < 4.78 is 37.4. The lowest BCUT2D eigenvalue weighted by atomic mass is 10.2. The van der Waals surface area contributed by atoms with Gasteiger partial charge in [0, 0.05) is 18.7 Å². The molecule has 110 valence electrons. The minimum Gasteiger partial charge on any atom is -0.488 e. The molecule has 1 N–H and O–H groups in total. The molecule has 0 bridgehead atoms. The van der Waals surface area contributed by atoms with Crippen LogP contribution < -0.4 is 10.1 Å². The first kappa shape index (κ1) is 13.8. The Morgan fingerprint density at radius 2 is 1.95 bits per heavy atom. The molecule has 3 nitrogen and oxygen atoms in total. The summed E-state index contributed by atoms with van der Waals surface area (Å²) in [5.41, 5.74) is 0. The molecule has 1 aliphatic carbocycles. The van der Waals surface area contributed by atoms with Gasteiger partial charge in [0.1, 0.15) is 12.4 Å². The summed E-state index contributed by atoms with van der Waals surface area (Å²) in [5.74, 6) is -1.19. The standard InChI is InChI=1S/C15H19F2NO2/c16-10-1-6-15(14(17)7-10)19-9-13-5-4-12(20-13)8-18-11-2-3-11/h1,6-7,11-13,18H,2-5,8-9H2. The van der Waals surface area contributed by atoms with Gasteiger partial charge in [0.25, 0.3) is 0 Å². The van der Waals surface area contributed by atoms with Crippen LogP contribution in [0.1, 0.15) is 25.7 Å². The number of rotatable bonds is 6. The fourth-order valence-electron chi connectivity index (χ4n) is 2.41. The molecule has 0 amide bonds. The zero-order valence-electron chi connectivity index (χ0n) is 11.3. The maximum absolute atomic E-state index is 13.4. The van der Waals surface area contributed by atoms with Crippen LogP contribution in [0.4, 0.5) is 8.78 Å². The van der Waals surface area contributed by atoms with Crippen LogP contribution in [0.5, 0.6) is 5.75 Å². The average Bonchev–Trinajstić information content (AvgIpc) is 3.14. The molecule has 3 rings (SSSR count). The molecule has 0 radical (unpaired) electrons. The molecule has 0 aromatic heterocycles. The minimum atomic E-state index is -0.671. The smallest absolute Gasteiger partial charge is 0.167 e. The number of hydrogen-bond acceptors (Lipinski definition) is 3. The predicted molar refractivity (Wildman–Crippen MR) is 70.8 cm³/mol. The van der Waals surface area contributed by atoms with Crippen LogP contribution in [0.15, 0.2) is 18.2 Å². The largest absolute Gasteiger partial charge is 0.488 e. The molecule has 1 aromatic carbocycles. The van der Waals surface area contributed by atoms with E-state index in [-0.39, 0.29) is 18.0 Å².